The predicted octanol–water partition coefficient (Wildman–Crippen LogP) is 3.81. The zero-order valence-corrected chi connectivity index (χ0v) is 16.5. The van der Waals surface area contributed by atoms with Crippen molar-refractivity contribution in [3.8, 4) is 0 Å². The number of fused-ring (bicyclic) bond motifs is 1. The maximum absolute atomic E-state index is 12.5. The van der Waals surface area contributed by atoms with Gasteiger partial charge < -0.3 is 0 Å². The number of rotatable bonds is 4. The maximum Gasteiger partial charge on any atom is 0.265 e. The molecule has 132 valence electrons. The molecule has 0 atom stereocenters. The van der Waals surface area contributed by atoms with Crippen molar-refractivity contribution >= 4 is 69.7 Å². The third-order valence-electron chi connectivity index (χ3n) is 3.19. The van der Waals surface area contributed by atoms with Gasteiger partial charge in [-0.15, -0.1) is 0 Å². The van der Waals surface area contributed by atoms with Crippen LogP contribution in [0, 0.1) is 0 Å². The van der Waals surface area contributed by atoms with Crippen LogP contribution in [0.15, 0.2) is 46.2 Å². The van der Waals surface area contributed by atoms with Crippen molar-refractivity contribution in [3.05, 3.63) is 46.4 Å². The van der Waals surface area contributed by atoms with E-state index in [4.69, 9.17) is 23.2 Å². The number of hydrogen-bond donors (Lipinski definition) is 1. The van der Waals surface area contributed by atoms with Gasteiger partial charge in [0.1, 0.15) is 4.90 Å². The number of halogens is 2. The van der Waals surface area contributed by atoms with E-state index in [1.807, 2.05) is 0 Å². The van der Waals surface area contributed by atoms with Gasteiger partial charge in [0.15, 0.2) is 15.0 Å². The first kappa shape index (κ1) is 18.4. The minimum atomic E-state index is -3.99. The lowest BCUT2D eigenvalue weighted by Crippen LogP contribution is -2.13. The van der Waals surface area contributed by atoms with Gasteiger partial charge in [-0.2, -0.15) is 0 Å². The van der Waals surface area contributed by atoms with E-state index in [1.54, 1.807) is 0 Å². The quantitative estimate of drug-likeness (QED) is 0.670. The Morgan fingerprint density at radius 3 is 2.44 bits per heavy atom. The van der Waals surface area contributed by atoms with Crippen LogP contribution in [0.4, 0.5) is 5.13 Å². The second-order valence-electron chi connectivity index (χ2n) is 5.10. The van der Waals surface area contributed by atoms with Gasteiger partial charge in [-0.25, -0.2) is 21.8 Å². The van der Waals surface area contributed by atoms with Crippen LogP contribution >= 0.6 is 34.5 Å². The Hall–Kier alpha value is -1.39. The lowest BCUT2D eigenvalue weighted by molar-refractivity contribution is 0.600. The number of nitrogens with zero attached hydrogens (tertiary/aromatic N) is 1. The van der Waals surface area contributed by atoms with Crippen LogP contribution in [0.1, 0.15) is 0 Å². The summed E-state index contributed by atoms with van der Waals surface area (Å²) in [6, 6.07) is 8.49. The maximum atomic E-state index is 12.5. The molecule has 25 heavy (non-hydrogen) atoms. The molecule has 3 rings (SSSR count). The largest absolute Gasteiger partial charge is 0.265 e. The van der Waals surface area contributed by atoms with Gasteiger partial charge in [0, 0.05) is 11.3 Å². The fourth-order valence-electron chi connectivity index (χ4n) is 2.03. The summed E-state index contributed by atoms with van der Waals surface area (Å²) in [7, 11) is -7.35. The molecule has 0 aliphatic rings. The van der Waals surface area contributed by atoms with Crippen molar-refractivity contribution in [3.63, 3.8) is 0 Å². The van der Waals surface area contributed by atoms with Gasteiger partial charge in [-0.1, -0.05) is 34.5 Å². The molecule has 6 nitrogen and oxygen atoms in total. The molecule has 1 N–H and O–H groups in total. The highest BCUT2D eigenvalue weighted by molar-refractivity contribution is 7.93. The Bertz CT molecular complexity index is 1190. The average Bonchev–Trinajstić information content (AvgIpc) is 2.89. The van der Waals surface area contributed by atoms with Crippen molar-refractivity contribution in [1.82, 2.24) is 4.98 Å². The molecule has 1 aromatic heterocycles. The summed E-state index contributed by atoms with van der Waals surface area (Å²) in [5.74, 6) is 0. The number of sulfone groups is 1. The van der Waals surface area contributed by atoms with Crippen LogP contribution in [-0.2, 0) is 19.9 Å². The number of thiazole rings is 1. The summed E-state index contributed by atoms with van der Waals surface area (Å²) in [5.41, 5.74) is 0.479. The van der Waals surface area contributed by atoms with Crippen LogP contribution in [0.2, 0.25) is 10.0 Å². The molecule has 0 saturated heterocycles. The Kier molecular flexibility index (Phi) is 4.71. The molecule has 0 fully saturated rings. The third-order valence-corrected chi connectivity index (χ3v) is 7.42. The first-order chi connectivity index (χ1) is 11.6. The molecule has 0 aliphatic carbocycles. The molecule has 0 saturated carbocycles. The SMILES string of the molecule is CS(=O)(=O)c1ccc2nc(NS(=O)(=O)c3cc(Cl)ccc3Cl)sc2c1. The minimum Gasteiger partial charge on any atom is -0.255 e. The fourth-order valence-corrected chi connectivity index (χ4v) is 5.66. The van der Waals surface area contributed by atoms with Crippen LogP contribution in [0.5, 0.6) is 0 Å². The summed E-state index contributed by atoms with van der Waals surface area (Å²) in [5, 5.41) is 0.348. The van der Waals surface area contributed by atoms with E-state index in [0.717, 1.165) is 17.6 Å². The van der Waals surface area contributed by atoms with Crippen molar-refractivity contribution in [1.29, 1.82) is 0 Å². The zero-order valence-electron chi connectivity index (χ0n) is 12.5. The second kappa shape index (κ2) is 6.40. The summed E-state index contributed by atoms with van der Waals surface area (Å²) < 4.78 is 51.1. The standard InChI is InChI=1S/C14H10Cl2N2O4S3/c1-24(19,20)9-3-5-11-12(7-9)23-14(17-11)18-25(21,22)13-6-8(15)2-4-10(13)16/h2-7H,1H3,(H,17,18). The van der Waals surface area contributed by atoms with E-state index in [-0.39, 0.29) is 25.0 Å². The van der Waals surface area contributed by atoms with E-state index in [2.05, 4.69) is 9.71 Å². The Morgan fingerprint density at radius 2 is 1.76 bits per heavy atom. The molecule has 0 unspecified atom stereocenters. The fraction of sp³-hybridized carbons (Fsp3) is 0.0714. The molecule has 0 amide bonds. The number of nitrogens with one attached hydrogen (secondary N) is 1. The molecule has 3 aromatic rings. The first-order valence-corrected chi connectivity index (χ1v) is 11.6. The molecule has 2 aromatic carbocycles. The summed E-state index contributed by atoms with van der Waals surface area (Å²) in [4.78, 5) is 4.12. The van der Waals surface area contributed by atoms with E-state index in [9.17, 15) is 16.8 Å². The Labute approximate surface area is 158 Å². The second-order valence-corrected chi connectivity index (χ2v) is 10.6. The molecular formula is C14H10Cl2N2O4S3. The topological polar surface area (TPSA) is 93.2 Å². The number of aromatic nitrogens is 1. The van der Waals surface area contributed by atoms with E-state index >= 15 is 0 Å². The monoisotopic (exact) mass is 436 g/mol. The Balaban J connectivity index is 2.01. The van der Waals surface area contributed by atoms with Gasteiger partial charge >= 0.3 is 0 Å². The molecule has 0 spiro atoms. The lowest BCUT2D eigenvalue weighted by Gasteiger charge is -2.07. The van der Waals surface area contributed by atoms with Crippen molar-refractivity contribution < 1.29 is 16.8 Å². The van der Waals surface area contributed by atoms with Crippen molar-refractivity contribution in [2.75, 3.05) is 11.0 Å². The normalized spacial score (nSPS) is 12.4. The molecule has 0 radical (unpaired) electrons. The van der Waals surface area contributed by atoms with Gasteiger partial charge in [-0.3, -0.25) is 4.72 Å². The van der Waals surface area contributed by atoms with Crippen molar-refractivity contribution in [2.45, 2.75) is 9.79 Å². The first-order valence-electron chi connectivity index (χ1n) is 6.65. The van der Waals surface area contributed by atoms with E-state index in [1.165, 1.54) is 36.4 Å². The Morgan fingerprint density at radius 1 is 1.04 bits per heavy atom. The van der Waals surface area contributed by atoms with Crippen LogP contribution in [0.3, 0.4) is 0 Å². The number of benzene rings is 2. The number of hydrogen-bond acceptors (Lipinski definition) is 6. The third kappa shape index (κ3) is 3.90. The molecular weight excluding hydrogens is 427 g/mol. The summed E-state index contributed by atoms with van der Waals surface area (Å²) >= 11 is 12.8. The molecule has 0 aliphatic heterocycles. The van der Waals surface area contributed by atoms with Gasteiger partial charge in [0.2, 0.25) is 0 Å². The van der Waals surface area contributed by atoms with Crippen LogP contribution in [-0.4, -0.2) is 28.1 Å². The highest BCUT2D eigenvalue weighted by Gasteiger charge is 2.21. The summed E-state index contributed by atoms with van der Waals surface area (Å²) in [6.45, 7) is 0. The predicted molar refractivity (Wildman–Crippen MR) is 100 cm³/mol. The molecule has 1 heterocycles. The van der Waals surface area contributed by atoms with Gasteiger partial charge in [-0.05, 0) is 36.4 Å². The lowest BCUT2D eigenvalue weighted by atomic mass is 10.3. The molecule has 0 bridgehead atoms. The highest BCUT2D eigenvalue weighted by Crippen LogP contribution is 2.31. The highest BCUT2D eigenvalue weighted by atomic mass is 35.5. The smallest absolute Gasteiger partial charge is 0.255 e. The van der Waals surface area contributed by atoms with Gasteiger partial charge in [0.25, 0.3) is 10.0 Å². The summed E-state index contributed by atoms with van der Waals surface area (Å²) in [6.07, 6.45) is 1.10. The number of anilines is 1. The number of sulfonamides is 1. The van der Waals surface area contributed by atoms with Crippen LogP contribution < -0.4 is 4.72 Å². The average molecular weight is 437 g/mol. The van der Waals surface area contributed by atoms with Crippen molar-refractivity contribution in [2.24, 2.45) is 0 Å². The zero-order chi connectivity index (χ0) is 18.4. The minimum absolute atomic E-state index is 0.0253. The van der Waals surface area contributed by atoms with Gasteiger partial charge in [0.05, 0.1) is 20.1 Å². The molecule has 11 heteroatoms. The van der Waals surface area contributed by atoms with Crippen LogP contribution in [0.25, 0.3) is 10.2 Å². The van der Waals surface area contributed by atoms with E-state index < -0.39 is 19.9 Å². The van der Waals surface area contributed by atoms with E-state index in [0.29, 0.717) is 10.2 Å².